The molecule has 0 fully saturated rings. The molecule has 2 aromatic rings. The number of benzene rings is 2. The van der Waals surface area contributed by atoms with E-state index in [0.29, 0.717) is 11.4 Å². The van der Waals surface area contributed by atoms with Crippen LogP contribution in [-0.2, 0) is 0 Å². The maximum Gasteiger partial charge on any atom is 0.296 e. The van der Waals surface area contributed by atoms with Gasteiger partial charge in [-0.15, -0.1) is 5.11 Å². The molecule has 102 valence electrons. The van der Waals surface area contributed by atoms with Crippen molar-refractivity contribution in [3.05, 3.63) is 57.6 Å². The number of anilines is 1. The van der Waals surface area contributed by atoms with Crippen LogP contribution in [0.25, 0.3) is 0 Å². The maximum atomic E-state index is 10.9. The third kappa shape index (κ3) is 2.80. The second kappa shape index (κ2) is 5.48. The van der Waals surface area contributed by atoms with Gasteiger partial charge in [0.2, 0.25) is 0 Å². The summed E-state index contributed by atoms with van der Waals surface area (Å²) in [5.41, 5.74) is 9.06. The first kappa shape index (κ1) is 13.7. The van der Waals surface area contributed by atoms with E-state index in [1.165, 1.54) is 6.07 Å². The minimum atomic E-state index is -0.477. The molecular formula is C14H14N4O2. The summed E-state index contributed by atoms with van der Waals surface area (Å²) >= 11 is 0. The lowest BCUT2D eigenvalue weighted by Gasteiger charge is -2.04. The van der Waals surface area contributed by atoms with Crippen LogP contribution in [0.1, 0.15) is 11.1 Å². The van der Waals surface area contributed by atoms with Crippen LogP contribution in [0, 0.1) is 24.0 Å². The molecule has 2 aromatic carbocycles. The maximum absolute atomic E-state index is 10.9. The smallest absolute Gasteiger partial charge is 0.296 e. The van der Waals surface area contributed by atoms with Gasteiger partial charge in [0.05, 0.1) is 10.6 Å². The Labute approximate surface area is 116 Å². The number of para-hydroxylation sites is 1. The lowest BCUT2D eigenvalue weighted by molar-refractivity contribution is -0.384. The van der Waals surface area contributed by atoms with Crippen molar-refractivity contribution in [3.8, 4) is 0 Å². The topological polar surface area (TPSA) is 93.9 Å². The molecule has 0 unspecified atom stereocenters. The molecule has 2 N–H and O–H groups in total. The van der Waals surface area contributed by atoms with Crippen molar-refractivity contribution >= 4 is 22.7 Å². The molecule has 0 saturated carbocycles. The highest BCUT2D eigenvalue weighted by atomic mass is 16.6. The van der Waals surface area contributed by atoms with Gasteiger partial charge in [0.1, 0.15) is 0 Å². The highest BCUT2D eigenvalue weighted by Crippen LogP contribution is 2.30. The highest BCUT2D eigenvalue weighted by molar-refractivity contribution is 5.60. The molecule has 0 saturated heterocycles. The van der Waals surface area contributed by atoms with Gasteiger partial charge < -0.3 is 5.73 Å². The Morgan fingerprint density at radius 2 is 1.70 bits per heavy atom. The van der Waals surface area contributed by atoms with Crippen LogP contribution >= 0.6 is 0 Å². The number of nitro benzene ring substituents is 1. The Balaban J connectivity index is 2.40. The summed E-state index contributed by atoms with van der Waals surface area (Å²) in [6.07, 6.45) is 0. The molecule has 0 aliphatic heterocycles. The van der Waals surface area contributed by atoms with E-state index in [-0.39, 0.29) is 11.4 Å². The molecule has 0 bridgehead atoms. The fraction of sp³-hybridized carbons (Fsp3) is 0.143. The molecule has 0 spiro atoms. The quantitative estimate of drug-likeness (QED) is 0.391. The zero-order valence-corrected chi connectivity index (χ0v) is 11.2. The largest absolute Gasteiger partial charge is 0.399 e. The second-order valence-corrected chi connectivity index (χ2v) is 4.44. The Hall–Kier alpha value is -2.76. The molecule has 0 aliphatic rings. The fourth-order valence-electron chi connectivity index (χ4n) is 1.74. The zero-order valence-electron chi connectivity index (χ0n) is 11.2. The number of nitrogens with zero attached hydrogens (tertiary/aromatic N) is 3. The van der Waals surface area contributed by atoms with Gasteiger partial charge in [0.25, 0.3) is 5.69 Å². The van der Waals surface area contributed by atoms with Crippen LogP contribution in [0.15, 0.2) is 46.6 Å². The van der Waals surface area contributed by atoms with Gasteiger partial charge in [-0.05, 0) is 43.2 Å². The van der Waals surface area contributed by atoms with Gasteiger partial charge in [0, 0.05) is 11.8 Å². The molecule has 0 amide bonds. The number of hydrogen-bond donors (Lipinski definition) is 1. The molecule has 6 nitrogen and oxygen atoms in total. The number of rotatable bonds is 3. The van der Waals surface area contributed by atoms with Crippen molar-refractivity contribution in [1.29, 1.82) is 0 Å². The van der Waals surface area contributed by atoms with Crippen LogP contribution < -0.4 is 5.73 Å². The third-order valence-corrected chi connectivity index (χ3v) is 2.93. The predicted octanol–water partition coefficient (Wildman–Crippen LogP) is 4.21. The molecule has 0 atom stereocenters. The average molecular weight is 270 g/mol. The fourth-order valence-corrected chi connectivity index (χ4v) is 1.74. The predicted molar refractivity (Wildman–Crippen MR) is 77.6 cm³/mol. The van der Waals surface area contributed by atoms with Gasteiger partial charge in [-0.3, -0.25) is 10.1 Å². The monoisotopic (exact) mass is 270 g/mol. The van der Waals surface area contributed by atoms with Gasteiger partial charge in [-0.1, -0.05) is 12.1 Å². The van der Waals surface area contributed by atoms with Crippen molar-refractivity contribution in [2.75, 3.05) is 5.73 Å². The standard InChI is InChI=1S/C14H14N4O2/c1-9-8-13(10(2)7-11(9)15)17-16-12-5-3-4-6-14(12)18(19)20/h3-8H,15H2,1-2H3. The van der Waals surface area contributed by atoms with E-state index in [0.717, 1.165) is 11.1 Å². The summed E-state index contributed by atoms with van der Waals surface area (Å²) in [6.45, 7) is 3.74. The summed E-state index contributed by atoms with van der Waals surface area (Å²) in [5.74, 6) is 0. The summed E-state index contributed by atoms with van der Waals surface area (Å²) in [6, 6.07) is 9.85. The van der Waals surface area contributed by atoms with E-state index in [4.69, 9.17) is 5.73 Å². The van der Waals surface area contributed by atoms with Crippen LogP contribution in [0.3, 0.4) is 0 Å². The van der Waals surface area contributed by atoms with Crippen molar-refractivity contribution in [2.45, 2.75) is 13.8 Å². The number of nitrogens with two attached hydrogens (primary N) is 1. The SMILES string of the molecule is Cc1cc(N=Nc2ccccc2[N+](=O)[O-])c(C)cc1N. The first-order valence-electron chi connectivity index (χ1n) is 6.01. The second-order valence-electron chi connectivity index (χ2n) is 4.44. The highest BCUT2D eigenvalue weighted by Gasteiger charge is 2.11. The minimum Gasteiger partial charge on any atom is -0.399 e. The minimum absolute atomic E-state index is 0.0685. The molecule has 0 heterocycles. The molecule has 6 heteroatoms. The third-order valence-electron chi connectivity index (χ3n) is 2.93. The number of nitro groups is 1. The Morgan fingerprint density at radius 1 is 1.05 bits per heavy atom. The Bertz CT molecular complexity index is 696. The van der Waals surface area contributed by atoms with Crippen molar-refractivity contribution in [2.24, 2.45) is 10.2 Å². The molecule has 0 aliphatic carbocycles. The number of nitrogen functional groups attached to an aromatic ring is 1. The van der Waals surface area contributed by atoms with Gasteiger partial charge in [0.15, 0.2) is 5.69 Å². The van der Waals surface area contributed by atoms with Gasteiger partial charge in [-0.25, -0.2) is 0 Å². The lowest BCUT2D eigenvalue weighted by atomic mass is 10.1. The Morgan fingerprint density at radius 3 is 2.40 bits per heavy atom. The van der Waals surface area contributed by atoms with Gasteiger partial charge in [-0.2, -0.15) is 5.11 Å². The molecular weight excluding hydrogens is 256 g/mol. The van der Waals surface area contributed by atoms with E-state index in [2.05, 4.69) is 10.2 Å². The van der Waals surface area contributed by atoms with Crippen molar-refractivity contribution in [3.63, 3.8) is 0 Å². The Kier molecular flexibility index (Phi) is 3.74. The van der Waals surface area contributed by atoms with E-state index in [1.807, 2.05) is 26.0 Å². The van der Waals surface area contributed by atoms with E-state index >= 15 is 0 Å². The summed E-state index contributed by atoms with van der Waals surface area (Å²) < 4.78 is 0. The molecule has 0 radical (unpaired) electrons. The number of aryl methyl sites for hydroxylation is 2. The van der Waals surface area contributed by atoms with E-state index in [1.54, 1.807) is 18.2 Å². The zero-order chi connectivity index (χ0) is 14.7. The van der Waals surface area contributed by atoms with Crippen LogP contribution in [0.2, 0.25) is 0 Å². The lowest BCUT2D eigenvalue weighted by Crippen LogP contribution is -1.90. The summed E-state index contributed by atoms with van der Waals surface area (Å²) in [5, 5.41) is 18.9. The van der Waals surface area contributed by atoms with Crippen LogP contribution in [-0.4, -0.2) is 4.92 Å². The van der Waals surface area contributed by atoms with Crippen molar-refractivity contribution < 1.29 is 4.92 Å². The summed E-state index contributed by atoms with van der Waals surface area (Å²) in [4.78, 5) is 10.4. The summed E-state index contributed by atoms with van der Waals surface area (Å²) in [7, 11) is 0. The van der Waals surface area contributed by atoms with Crippen molar-refractivity contribution in [1.82, 2.24) is 0 Å². The van der Waals surface area contributed by atoms with Crippen LogP contribution in [0.5, 0.6) is 0 Å². The van der Waals surface area contributed by atoms with Crippen LogP contribution in [0.4, 0.5) is 22.7 Å². The number of azo groups is 1. The van der Waals surface area contributed by atoms with Gasteiger partial charge >= 0.3 is 0 Å². The molecule has 20 heavy (non-hydrogen) atoms. The number of hydrogen-bond acceptors (Lipinski definition) is 5. The average Bonchev–Trinajstić information content (AvgIpc) is 2.41. The normalized spacial score (nSPS) is 10.9. The van der Waals surface area contributed by atoms with E-state index < -0.39 is 4.92 Å². The van der Waals surface area contributed by atoms with E-state index in [9.17, 15) is 10.1 Å². The molecule has 0 aromatic heterocycles. The molecule has 2 rings (SSSR count). The first-order chi connectivity index (χ1) is 9.49. The first-order valence-corrected chi connectivity index (χ1v) is 6.01.